The summed E-state index contributed by atoms with van der Waals surface area (Å²) in [4.78, 5) is 26.0. The van der Waals surface area contributed by atoms with Crippen LogP contribution in [0.25, 0.3) is 0 Å². The van der Waals surface area contributed by atoms with E-state index >= 15 is 0 Å². The van der Waals surface area contributed by atoms with Crippen molar-refractivity contribution in [1.29, 1.82) is 0 Å². The van der Waals surface area contributed by atoms with E-state index in [1.54, 1.807) is 7.11 Å². The van der Waals surface area contributed by atoms with E-state index in [1.807, 2.05) is 6.92 Å². The van der Waals surface area contributed by atoms with Crippen LogP contribution in [0.2, 0.25) is 22.2 Å². The van der Waals surface area contributed by atoms with Crippen LogP contribution in [0.3, 0.4) is 0 Å². The number of aromatic amines is 1. The predicted molar refractivity (Wildman–Crippen MR) is 132 cm³/mol. The second kappa shape index (κ2) is 10.7. The van der Waals surface area contributed by atoms with Crippen molar-refractivity contribution in [2.45, 2.75) is 109 Å². The van der Waals surface area contributed by atoms with Crippen molar-refractivity contribution in [2.75, 3.05) is 7.11 Å². The smallest absolute Gasteiger partial charge is 0.335 e. The maximum Gasteiger partial charge on any atom is 0.335 e. The number of nitrogens with one attached hydrogen (secondary N) is 1. The highest BCUT2D eigenvalue weighted by Gasteiger charge is 2.58. The zero-order valence-corrected chi connectivity index (χ0v) is 23.6. The summed E-state index contributed by atoms with van der Waals surface area (Å²) in [6, 6.07) is 1.23. The molecule has 2 rings (SSSR count). The summed E-state index contributed by atoms with van der Waals surface area (Å²) >= 11 is 0. The van der Waals surface area contributed by atoms with E-state index in [0.717, 1.165) is 0 Å². The molecule has 1 aromatic rings. The molecule has 1 saturated heterocycles. The molecule has 190 valence electrons. The highest BCUT2D eigenvalue weighted by Crippen LogP contribution is 2.46. The Hall–Kier alpha value is -1.09. The third-order valence-corrected chi connectivity index (χ3v) is 17.0. The van der Waals surface area contributed by atoms with Crippen molar-refractivity contribution >= 4 is 17.1 Å². The Labute approximate surface area is 198 Å². The summed E-state index contributed by atoms with van der Waals surface area (Å²) in [6.45, 7) is 18.7. The second-order valence-corrected chi connectivity index (χ2v) is 19.2. The van der Waals surface area contributed by atoms with Gasteiger partial charge in [0, 0.05) is 19.4 Å². The summed E-state index contributed by atoms with van der Waals surface area (Å²) in [5.74, 6) is 0. The third-order valence-electron chi connectivity index (χ3n) is 6.75. The lowest BCUT2D eigenvalue weighted by molar-refractivity contribution is -0.0351. The van der Waals surface area contributed by atoms with Crippen LogP contribution in [0.5, 0.6) is 0 Å². The molecule has 0 saturated carbocycles. The minimum Gasteiger partial charge on any atom is -0.414 e. The van der Waals surface area contributed by atoms with Gasteiger partial charge in [-0.15, -0.1) is 0 Å². The number of H-pyrrole nitrogens is 1. The molecule has 1 fully saturated rings. The van der Waals surface area contributed by atoms with Crippen LogP contribution in [0, 0.1) is 0 Å². The molecule has 0 spiro atoms. The Morgan fingerprint density at radius 2 is 1.52 bits per heavy atom. The average Bonchev–Trinajstić information content (AvgIpc) is 2.97. The van der Waals surface area contributed by atoms with E-state index in [0.29, 0.717) is 0 Å². The number of nitrogens with zero attached hydrogens (tertiary/aromatic N) is 1. The Kier molecular flexibility index (Phi) is 9.10. The molecule has 0 aliphatic carbocycles. The van der Waals surface area contributed by atoms with Crippen LogP contribution >= 0.6 is 0 Å². The minimum absolute atomic E-state index is 0.0753. The van der Waals surface area contributed by atoms with Gasteiger partial charge in [0.15, 0.2) is 6.23 Å². The fourth-order valence-electron chi connectivity index (χ4n) is 4.92. The molecule has 33 heavy (non-hydrogen) atoms. The Balaban J connectivity index is 2.48. The summed E-state index contributed by atoms with van der Waals surface area (Å²) in [6.07, 6.45) is -1.95. The van der Waals surface area contributed by atoms with Crippen molar-refractivity contribution in [3.8, 4) is 0 Å². The first-order valence-electron chi connectivity index (χ1n) is 11.8. The van der Waals surface area contributed by atoms with E-state index in [-0.39, 0.29) is 22.2 Å². The van der Waals surface area contributed by atoms with E-state index in [9.17, 15) is 14.7 Å². The SMILES string of the molecule is CO[Si](O[Si](O[C@H]1[C@@H](O)[C@H](n2ccc(=O)[nH]c2=O)O[C@@H]1C)(C(C)C)C(C)C)(C(C)C)C(C)C. The summed E-state index contributed by atoms with van der Waals surface area (Å²) in [5.41, 5.74) is -0.600. The monoisotopic (exact) mass is 502 g/mol. The number of rotatable bonds is 10. The fourth-order valence-corrected chi connectivity index (χ4v) is 16.1. The first kappa shape index (κ1) is 28.2. The van der Waals surface area contributed by atoms with Crippen molar-refractivity contribution in [2.24, 2.45) is 0 Å². The van der Waals surface area contributed by atoms with Crippen molar-refractivity contribution in [1.82, 2.24) is 9.55 Å². The van der Waals surface area contributed by atoms with Gasteiger partial charge >= 0.3 is 22.8 Å². The van der Waals surface area contributed by atoms with Gasteiger partial charge in [-0.2, -0.15) is 0 Å². The average molecular weight is 503 g/mol. The Morgan fingerprint density at radius 3 is 1.94 bits per heavy atom. The maximum absolute atomic E-state index is 12.3. The lowest BCUT2D eigenvalue weighted by atomic mass is 10.1. The Morgan fingerprint density at radius 1 is 1.00 bits per heavy atom. The normalized spacial score (nSPS) is 24.6. The van der Waals surface area contributed by atoms with Gasteiger partial charge in [-0.3, -0.25) is 14.3 Å². The first-order chi connectivity index (χ1) is 15.2. The van der Waals surface area contributed by atoms with E-state index in [4.69, 9.17) is 17.7 Å². The molecular formula is C22H42N2O7Si2. The van der Waals surface area contributed by atoms with Gasteiger partial charge in [0.05, 0.1) is 6.10 Å². The minimum atomic E-state index is -2.98. The molecule has 1 aliphatic rings. The number of hydrogen-bond acceptors (Lipinski definition) is 7. The van der Waals surface area contributed by atoms with Gasteiger partial charge in [-0.05, 0) is 29.1 Å². The molecule has 1 aromatic heterocycles. The number of aliphatic hydroxyl groups is 1. The summed E-state index contributed by atoms with van der Waals surface area (Å²) in [5, 5.41) is 11.2. The summed E-state index contributed by atoms with van der Waals surface area (Å²) in [7, 11) is -3.94. The standard InChI is InChI=1S/C22H42N2O7Si2/c1-13(2)32(28-10,14(3)4)31-33(15(5)6,16(7)8)30-20-17(9)29-21(19(20)26)24-12-11-18(25)23-22(24)27/h11-17,19-21,26H,1-10H3,(H,23,25,27)/t17-,19-,20-,21-/m1/s1. The number of hydrogen-bond donors (Lipinski definition) is 2. The van der Waals surface area contributed by atoms with Crippen molar-refractivity contribution in [3.05, 3.63) is 33.1 Å². The van der Waals surface area contributed by atoms with Crippen LogP contribution in [0.15, 0.2) is 21.9 Å². The lowest BCUT2D eigenvalue weighted by Gasteiger charge is -2.48. The van der Waals surface area contributed by atoms with Gasteiger partial charge in [0.2, 0.25) is 0 Å². The van der Waals surface area contributed by atoms with Crippen molar-refractivity contribution in [3.63, 3.8) is 0 Å². The van der Waals surface area contributed by atoms with Gasteiger partial charge in [0.1, 0.15) is 12.2 Å². The van der Waals surface area contributed by atoms with Gasteiger partial charge in [-0.1, -0.05) is 55.4 Å². The van der Waals surface area contributed by atoms with Gasteiger partial charge < -0.3 is 22.8 Å². The molecule has 0 amide bonds. The van der Waals surface area contributed by atoms with Crippen LogP contribution < -0.4 is 11.2 Å². The molecule has 9 nitrogen and oxygen atoms in total. The molecular weight excluding hydrogens is 460 g/mol. The topological polar surface area (TPSA) is 112 Å². The molecule has 0 radical (unpaired) electrons. The largest absolute Gasteiger partial charge is 0.414 e. The molecule has 1 aliphatic heterocycles. The van der Waals surface area contributed by atoms with Crippen LogP contribution in [-0.4, -0.2) is 57.2 Å². The van der Waals surface area contributed by atoms with E-state index in [2.05, 4.69) is 60.4 Å². The highest BCUT2D eigenvalue weighted by atomic mass is 28.5. The van der Waals surface area contributed by atoms with Crippen LogP contribution in [0.4, 0.5) is 0 Å². The number of aromatic nitrogens is 2. The fraction of sp³-hybridized carbons (Fsp3) is 0.818. The zero-order chi connectivity index (χ0) is 25.3. The zero-order valence-electron chi connectivity index (χ0n) is 21.6. The Bertz CT molecular complexity index is 883. The van der Waals surface area contributed by atoms with Gasteiger partial charge in [-0.25, -0.2) is 4.79 Å². The van der Waals surface area contributed by atoms with Crippen molar-refractivity contribution < 1.29 is 22.8 Å². The molecule has 2 heterocycles. The quantitative estimate of drug-likeness (QED) is 0.472. The first-order valence-corrected chi connectivity index (χ1v) is 15.8. The van der Waals surface area contributed by atoms with E-state index in [1.165, 1.54) is 16.8 Å². The molecule has 0 aromatic carbocycles. The molecule has 11 heteroatoms. The van der Waals surface area contributed by atoms with E-state index < -0.39 is 52.9 Å². The van der Waals surface area contributed by atoms with Crippen LogP contribution in [-0.2, 0) is 17.7 Å². The van der Waals surface area contributed by atoms with Gasteiger partial charge in [0.25, 0.3) is 5.56 Å². The summed E-state index contributed by atoms with van der Waals surface area (Å²) < 4.78 is 27.2. The van der Waals surface area contributed by atoms with Crippen LogP contribution in [0.1, 0.15) is 68.5 Å². The lowest BCUT2D eigenvalue weighted by Crippen LogP contribution is -2.63. The maximum atomic E-state index is 12.3. The molecule has 4 atom stereocenters. The highest BCUT2D eigenvalue weighted by molar-refractivity contribution is 6.83. The third kappa shape index (κ3) is 5.29. The second-order valence-electron chi connectivity index (χ2n) is 10.2. The molecule has 2 N–H and O–H groups in total. The predicted octanol–water partition coefficient (Wildman–Crippen LogP) is 3.39. The molecule has 0 bridgehead atoms. The molecule has 0 unspecified atom stereocenters. The number of aliphatic hydroxyl groups excluding tert-OH is 1. The number of ether oxygens (including phenoxy) is 1.